The number of carbonyl (C=O) groups excluding carboxylic acids is 2. The highest BCUT2D eigenvalue weighted by Crippen LogP contribution is 2.44. The van der Waals surface area contributed by atoms with Crippen LogP contribution in [0.5, 0.6) is 0 Å². The van der Waals surface area contributed by atoms with Crippen molar-refractivity contribution in [3.05, 3.63) is 33.4 Å². The quantitative estimate of drug-likeness (QED) is 0.556. The molecule has 2 aliphatic rings. The number of hydrogen-bond acceptors (Lipinski definition) is 4. The summed E-state index contributed by atoms with van der Waals surface area (Å²) < 4.78 is 0. The predicted molar refractivity (Wildman–Crippen MR) is 109 cm³/mol. The molecule has 0 saturated heterocycles. The Hall–Kier alpha value is -2.90. The molecule has 0 unspecified atom stereocenters. The molecule has 1 aromatic carbocycles. The number of primary amides is 2. The summed E-state index contributed by atoms with van der Waals surface area (Å²) in [5, 5.41) is 20.1. The van der Waals surface area contributed by atoms with Crippen LogP contribution in [0, 0.1) is 0 Å². The number of amides is 2. The molecule has 0 aromatic heterocycles. The van der Waals surface area contributed by atoms with Crippen molar-refractivity contribution < 1.29 is 29.4 Å². The number of hydrogen-bond donors (Lipinski definition) is 4. The predicted octanol–water partition coefficient (Wildman–Crippen LogP) is 3.38. The van der Waals surface area contributed by atoms with Gasteiger partial charge in [-0.15, -0.1) is 0 Å². The standard InChI is InChI=1S/C22H28N2O6/c23-19(25)15-13(11-7-3-1-4-8-11)16(20(24)26)18(22(29)30)14(17(15)21(27)28)12-9-5-2-6-10-12/h11-12H,1-10H2,(H2,23,25)(H2,24,26)(H,27,28)(H,29,30). The number of benzene rings is 1. The zero-order valence-electron chi connectivity index (χ0n) is 16.9. The fourth-order valence-corrected chi connectivity index (χ4v) is 5.34. The van der Waals surface area contributed by atoms with E-state index in [0.29, 0.717) is 25.7 Å². The number of carbonyl (C=O) groups is 4. The third kappa shape index (κ3) is 3.91. The summed E-state index contributed by atoms with van der Waals surface area (Å²) in [6.07, 6.45) is 7.61. The summed E-state index contributed by atoms with van der Waals surface area (Å²) in [6.45, 7) is 0. The first kappa shape index (κ1) is 21.8. The van der Waals surface area contributed by atoms with Gasteiger partial charge < -0.3 is 21.7 Å². The van der Waals surface area contributed by atoms with Crippen LogP contribution in [-0.4, -0.2) is 34.0 Å². The molecule has 2 aliphatic carbocycles. The van der Waals surface area contributed by atoms with Gasteiger partial charge in [0.25, 0.3) is 0 Å². The molecule has 1 aromatic rings. The lowest BCUT2D eigenvalue weighted by Gasteiger charge is -2.31. The first-order valence-corrected chi connectivity index (χ1v) is 10.6. The van der Waals surface area contributed by atoms with Crippen molar-refractivity contribution in [1.82, 2.24) is 0 Å². The van der Waals surface area contributed by atoms with Gasteiger partial charge in [-0.25, -0.2) is 9.59 Å². The molecule has 2 amide bonds. The van der Waals surface area contributed by atoms with Gasteiger partial charge in [-0.2, -0.15) is 0 Å². The zero-order chi connectivity index (χ0) is 22.0. The summed E-state index contributed by atoms with van der Waals surface area (Å²) in [7, 11) is 0. The fourth-order valence-electron chi connectivity index (χ4n) is 5.34. The topological polar surface area (TPSA) is 161 Å². The van der Waals surface area contributed by atoms with Gasteiger partial charge in [-0.05, 0) is 48.6 Å². The van der Waals surface area contributed by atoms with Crippen molar-refractivity contribution in [3.63, 3.8) is 0 Å². The summed E-state index contributed by atoms with van der Waals surface area (Å²) >= 11 is 0. The Morgan fingerprint density at radius 2 is 0.867 bits per heavy atom. The van der Waals surface area contributed by atoms with Crippen LogP contribution in [-0.2, 0) is 0 Å². The second-order valence-corrected chi connectivity index (χ2v) is 8.34. The van der Waals surface area contributed by atoms with Gasteiger partial charge in [0.1, 0.15) is 0 Å². The number of nitrogens with two attached hydrogens (primary N) is 2. The van der Waals surface area contributed by atoms with Crippen molar-refractivity contribution in [2.75, 3.05) is 0 Å². The number of carboxylic acid groups (broad SMARTS) is 2. The molecule has 8 nitrogen and oxygen atoms in total. The molecule has 2 fully saturated rings. The number of carboxylic acids is 2. The van der Waals surface area contributed by atoms with E-state index in [2.05, 4.69) is 0 Å². The highest BCUT2D eigenvalue weighted by molar-refractivity contribution is 6.15. The maximum atomic E-state index is 12.5. The van der Waals surface area contributed by atoms with E-state index in [1.165, 1.54) is 0 Å². The smallest absolute Gasteiger partial charge is 0.336 e. The first-order chi connectivity index (χ1) is 14.3. The monoisotopic (exact) mass is 416 g/mol. The minimum absolute atomic E-state index is 0.0249. The normalized spacial score (nSPS) is 18.1. The van der Waals surface area contributed by atoms with Gasteiger partial charge in [0.15, 0.2) is 0 Å². The van der Waals surface area contributed by atoms with Gasteiger partial charge >= 0.3 is 11.9 Å². The third-order valence-electron chi connectivity index (χ3n) is 6.52. The first-order valence-electron chi connectivity index (χ1n) is 10.6. The van der Waals surface area contributed by atoms with E-state index >= 15 is 0 Å². The molecule has 0 spiro atoms. The lowest BCUT2D eigenvalue weighted by Crippen LogP contribution is -2.31. The van der Waals surface area contributed by atoms with Gasteiger partial charge in [0, 0.05) is 0 Å². The van der Waals surface area contributed by atoms with E-state index < -0.39 is 23.8 Å². The largest absolute Gasteiger partial charge is 0.478 e. The van der Waals surface area contributed by atoms with Crippen LogP contribution in [0.2, 0.25) is 0 Å². The van der Waals surface area contributed by atoms with E-state index in [9.17, 15) is 29.4 Å². The average Bonchev–Trinajstić information content (AvgIpc) is 2.72. The van der Waals surface area contributed by atoms with Gasteiger partial charge in [0.05, 0.1) is 22.3 Å². The molecular formula is C22H28N2O6. The molecule has 0 radical (unpaired) electrons. The fraction of sp³-hybridized carbons (Fsp3) is 0.545. The second-order valence-electron chi connectivity index (χ2n) is 8.34. The van der Waals surface area contributed by atoms with E-state index in [1.807, 2.05) is 0 Å². The summed E-state index contributed by atoms with van der Waals surface area (Å²) in [4.78, 5) is 49.8. The highest BCUT2D eigenvalue weighted by Gasteiger charge is 2.39. The van der Waals surface area contributed by atoms with Crippen LogP contribution in [0.25, 0.3) is 0 Å². The van der Waals surface area contributed by atoms with Crippen molar-refractivity contribution in [3.8, 4) is 0 Å². The molecule has 162 valence electrons. The highest BCUT2D eigenvalue weighted by atomic mass is 16.4. The molecule has 30 heavy (non-hydrogen) atoms. The minimum Gasteiger partial charge on any atom is -0.478 e. The van der Waals surface area contributed by atoms with Gasteiger partial charge in [-0.1, -0.05) is 38.5 Å². The molecule has 3 rings (SSSR count). The maximum Gasteiger partial charge on any atom is 0.336 e. The Morgan fingerprint density at radius 3 is 1.13 bits per heavy atom. The Kier molecular flexibility index (Phi) is 6.43. The van der Waals surface area contributed by atoms with Crippen LogP contribution in [0.3, 0.4) is 0 Å². The van der Waals surface area contributed by atoms with E-state index in [4.69, 9.17) is 11.5 Å². The number of rotatable bonds is 6. The van der Waals surface area contributed by atoms with Crippen molar-refractivity contribution in [1.29, 1.82) is 0 Å². The van der Waals surface area contributed by atoms with Crippen molar-refractivity contribution in [2.24, 2.45) is 11.5 Å². The van der Waals surface area contributed by atoms with Crippen LogP contribution in [0.4, 0.5) is 0 Å². The molecular weight excluding hydrogens is 388 g/mol. The SMILES string of the molecule is NC(=O)c1c(C(=O)O)c(C2CCCCC2)c(C(=O)O)c(C(N)=O)c1C1CCCCC1. The lowest BCUT2D eigenvalue weighted by molar-refractivity contribution is 0.0684. The molecule has 0 atom stereocenters. The lowest BCUT2D eigenvalue weighted by atomic mass is 9.71. The van der Waals surface area contributed by atoms with E-state index in [-0.39, 0.29) is 45.2 Å². The van der Waals surface area contributed by atoms with Gasteiger partial charge in [0.2, 0.25) is 11.8 Å². The van der Waals surface area contributed by atoms with Crippen molar-refractivity contribution in [2.45, 2.75) is 76.0 Å². The zero-order valence-corrected chi connectivity index (χ0v) is 16.9. The molecule has 2 saturated carbocycles. The minimum atomic E-state index is -1.40. The Balaban J connectivity index is 2.48. The molecule has 8 heteroatoms. The summed E-state index contributed by atoms with van der Waals surface area (Å²) in [5.74, 6) is -5.46. The third-order valence-corrected chi connectivity index (χ3v) is 6.52. The van der Waals surface area contributed by atoms with Crippen molar-refractivity contribution >= 4 is 23.8 Å². The van der Waals surface area contributed by atoms with Crippen LogP contribution >= 0.6 is 0 Å². The van der Waals surface area contributed by atoms with Crippen LogP contribution < -0.4 is 11.5 Å². The van der Waals surface area contributed by atoms with E-state index in [0.717, 1.165) is 38.5 Å². The van der Waals surface area contributed by atoms with Crippen LogP contribution in [0.1, 0.15) is 129 Å². The molecule has 0 heterocycles. The average molecular weight is 416 g/mol. The molecule has 0 aliphatic heterocycles. The Morgan fingerprint density at radius 1 is 0.567 bits per heavy atom. The second kappa shape index (κ2) is 8.85. The van der Waals surface area contributed by atoms with E-state index in [1.54, 1.807) is 0 Å². The summed E-state index contributed by atoms with van der Waals surface area (Å²) in [5.41, 5.74) is 10.2. The summed E-state index contributed by atoms with van der Waals surface area (Å²) in [6, 6.07) is 0. The van der Waals surface area contributed by atoms with Gasteiger partial charge in [-0.3, -0.25) is 9.59 Å². The maximum absolute atomic E-state index is 12.5. The number of aromatic carboxylic acids is 2. The Labute approximate surface area is 174 Å². The molecule has 6 N–H and O–H groups in total. The molecule has 0 bridgehead atoms. The van der Waals surface area contributed by atoms with Crippen LogP contribution in [0.15, 0.2) is 0 Å². The Bertz CT molecular complexity index is 769.